The van der Waals surface area contributed by atoms with Crippen LogP contribution >= 0.6 is 12.2 Å². The molecule has 7 nitrogen and oxygen atoms in total. The minimum Gasteiger partial charge on any atom is -0.495 e. The molecule has 0 spiro atoms. The van der Waals surface area contributed by atoms with Gasteiger partial charge in [-0.25, -0.2) is 4.39 Å². The average molecular weight is 544 g/mol. The lowest BCUT2D eigenvalue weighted by molar-refractivity contribution is -0.116. The standard InChI is InChI=1S/C30H30FN5O2S/c1-19-18-21(20(2)36(19)25-13-6-4-10-22(25)31)29-28(24-12-8-9-16-32-24)34-30(39)35(29)17-15-27(37)33-23-11-5-7-14-26(23)38-3/h4-14,16,18,28-29H,15,17H2,1-3H3,(H,33,37)(H,34,39)/t28-,29+/m0/s1. The smallest absolute Gasteiger partial charge is 0.226 e. The van der Waals surface area contributed by atoms with Gasteiger partial charge in [-0.05, 0) is 74.1 Å². The number of aryl methyl sites for hydroxylation is 1. The van der Waals surface area contributed by atoms with Crippen LogP contribution in [0.4, 0.5) is 10.1 Å². The fraction of sp³-hybridized carbons (Fsp3) is 0.233. The van der Waals surface area contributed by atoms with Crippen LogP contribution in [-0.4, -0.2) is 39.1 Å². The third kappa shape index (κ3) is 5.22. The Morgan fingerprint density at radius 1 is 1.10 bits per heavy atom. The van der Waals surface area contributed by atoms with Crippen LogP contribution in [0.3, 0.4) is 0 Å². The van der Waals surface area contributed by atoms with Crippen molar-refractivity contribution in [1.82, 2.24) is 19.8 Å². The van der Waals surface area contributed by atoms with Gasteiger partial charge < -0.3 is 24.8 Å². The molecule has 0 bridgehead atoms. The lowest BCUT2D eigenvalue weighted by Crippen LogP contribution is -2.33. The number of hydrogen-bond donors (Lipinski definition) is 2. The first-order chi connectivity index (χ1) is 18.9. The molecule has 1 fully saturated rings. The highest BCUT2D eigenvalue weighted by atomic mass is 32.1. The van der Waals surface area contributed by atoms with Gasteiger partial charge >= 0.3 is 0 Å². The second kappa shape index (κ2) is 11.2. The van der Waals surface area contributed by atoms with E-state index in [9.17, 15) is 9.18 Å². The van der Waals surface area contributed by atoms with Crippen LogP contribution in [-0.2, 0) is 4.79 Å². The second-order valence-corrected chi connectivity index (χ2v) is 9.82. The van der Waals surface area contributed by atoms with Crippen molar-refractivity contribution in [2.24, 2.45) is 0 Å². The number of para-hydroxylation sites is 3. The molecule has 0 saturated carbocycles. The lowest BCUT2D eigenvalue weighted by atomic mass is 9.96. The molecule has 2 aromatic heterocycles. The summed E-state index contributed by atoms with van der Waals surface area (Å²) in [6.07, 6.45) is 1.96. The Morgan fingerprint density at radius 3 is 2.59 bits per heavy atom. The van der Waals surface area contributed by atoms with E-state index in [2.05, 4.69) is 21.7 Å². The number of pyridine rings is 1. The number of carbonyl (C=O) groups excluding carboxylic acids is 1. The predicted molar refractivity (Wildman–Crippen MR) is 154 cm³/mol. The predicted octanol–water partition coefficient (Wildman–Crippen LogP) is 5.64. The molecule has 1 saturated heterocycles. The van der Waals surface area contributed by atoms with Crippen LogP contribution in [0, 0.1) is 19.7 Å². The molecule has 200 valence electrons. The van der Waals surface area contributed by atoms with Crippen LogP contribution in [0.1, 0.15) is 41.1 Å². The number of nitrogens with one attached hydrogen (secondary N) is 2. The van der Waals surface area contributed by atoms with Crippen molar-refractivity contribution in [3.63, 3.8) is 0 Å². The number of rotatable bonds is 8. The molecule has 1 aliphatic rings. The van der Waals surface area contributed by atoms with Crippen LogP contribution in [0.25, 0.3) is 5.69 Å². The Labute approximate surface area is 232 Å². The quantitative estimate of drug-likeness (QED) is 0.281. The lowest BCUT2D eigenvalue weighted by Gasteiger charge is -2.28. The molecule has 2 atom stereocenters. The van der Waals surface area contributed by atoms with Gasteiger partial charge in [0, 0.05) is 30.6 Å². The van der Waals surface area contributed by atoms with Crippen LogP contribution in [0.2, 0.25) is 0 Å². The van der Waals surface area contributed by atoms with E-state index in [0.29, 0.717) is 28.8 Å². The van der Waals surface area contributed by atoms with Gasteiger partial charge in [-0.1, -0.05) is 30.3 Å². The van der Waals surface area contributed by atoms with Gasteiger partial charge in [-0.3, -0.25) is 9.78 Å². The van der Waals surface area contributed by atoms with Crippen molar-refractivity contribution in [1.29, 1.82) is 0 Å². The van der Waals surface area contributed by atoms with Crippen molar-refractivity contribution in [3.05, 3.63) is 107 Å². The Hall–Kier alpha value is -4.24. The van der Waals surface area contributed by atoms with Crippen LogP contribution < -0.4 is 15.4 Å². The highest BCUT2D eigenvalue weighted by molar-refractivity contribution is 7.80. The summed E-state index contributed by atoms with van der Waals surface area (Å²) >= 11 is 5.78. The number of amides is 1. The summed E-state index contributed by atoms with van der Waals surface area (Å²) in [6, 6.07) is 21.4. The number of thiocarbonyl (C=S) groups is 1. The summed E-state index contributed by atoms with van der Waals surface area (Å²) in [5, 5.41) is 6.90. The van der Waals surface area contributed by atoms with Crippen molar-refractivity contribution in [3.8, 4) is 11.4 Å². The number of hydrogen-bond acceptors (Lipinski definition) is 4. The average Bonchev–Trinajstić information content (AvgIpc) is 3.42. The zero-order valence-electron chi connectivity index (χ0n) is 22.0. The molecular weight excluding hydrogens is 513 g/mol. The topological polar surface area (TPSA) is 71.4 Å². The van der Waals surface area contributed by atoms with Gasteiger partial charge in [-0.15, -0.1) is 0 Å². The van der Waals surface area contributed by atoms with Crippen LogP contribution in [0.15, 0.2) is 79.0 Å². The maximum absolute atomic E-state index is 14.8. The van der Waals surface area contributed by atoms with E-state index in [-0.39, 0.29) is 30.2 Å². The van der Waals surface area contributed by atoms with E-state index in [0.717, 1.165) is 22.6 Å². The molecule has 39 heavy (non-hydrogen) atoms. The first kappa shape index (κ1) is 26.4. The number of halogens is 1. The van der Waals surface area contributed by atoms with Gasteiger partial charge in [-0.2, -0.15) is 0 Å². The summed E-state index contributed by atoms with van der Waals surface area (Å²) < 4.78 is 22.1. The number of aromatic nitrogens is 2. The van der Waals surface area contributed by atoms with Gasteiger partial charge in [0.1, 0.15) is 11.6 Å². The number of ether oxygens (including phenoxy) is 1. The molecule has 2 aromatic carbocycles. The Morgan fingerprint density at radius 2 is 1.85 bits per heavy atom. The molecule has 9 heteroatoms. The second-order valence-electron chi connectivity index (χ2n) is 9.43. The number of nitrogens with zero attached hydrogens (tertiary/aromatic N) is 3. The van der Waals surface area contributed by atoms with E-state index in [1.165, 1.54) is 6.07 Å². The molecule has 0 radical (unpaired) electrons. The normalized spacial score (nSPS) is 16.7. The molecule has 2 N–H and O–H groups in total. The molecule has 0 unspecified atom stereocenters. The van der Waals surface area contributed by atoms with Gasteiger partial charge in [0.15, 0.2) is 5.11 Å². The summed E-state index contributed by atoms with van der Waals surface area (Å²) in [5.41, 5.74) is 4.73. The highest BCUT2D eigenvalue weighted by Crippen LogP contribution is 2.41. The Balaban J connectivity index is 1.47. The molecule has 1 amide bonds. The summed E-state index contributed by atoms with van der Waals surface area (Å²) in [5.74, 6) is 0.147. The summed E-state index contributed by atoms with van der Waals surface area (Å²) in [4.78, 5) is 19.6. The number of benzene rings is 2. The van der Waals surface area contributed by atoms with Gasteiger partial charge in [0.05, 0.1) is 36.3 Å². The van der Waals surface area contributed by atoms with E-state index in [1.54, 1.807) is 37.6 Å². The highest BCUT2D eigenvalue weighted by Gasteiger charge is 2.41. The first-order valence-electron chi connectivity index (χ1n) is 12.7. The largest absolute Gasteiger partial charge is 0.495 e. The monoisotopic (exact) mass is 543 g/mol. The molecule has 1 aliphatic heterocycles. The SMILES string of the molecule is COc1ccccc1NC(=O)CCN1C(=S)N[C@@H](c2ccccn2)[C@H]1c1cc(C)n(-c2ccccc2F)c1C. The Kier molecular flexibility index (Phi) is 7.60. The van der Waals surface area contributed by atoms with Crippen molar-refractivity contribution >= 4 is 28.9 Å². The number of anilines is 1. The van der Waals surface area contributed by atoms with Crippen LogP contribution in [0.5, 0.6) is 5.75 Å². The summed E-state index contributed by atoms with van der Waals surface area (Å²) in [6.45, 7) is 4.33. The fourth-order valence-electron chi connectivity index (χ4n) is 5.26. The minimum absolute atomic E-state index is 0.154. The Bertz CT molecular complexity index is 1510. The molecule has 5 rings (SSSR count). The van der Waals surface area contributed by atoms with E-state index in [1.807, 2.05) is 59.7 Å². The van der Waals surface area contributed by atoms with Crippen molar-refractivity contribution in [2.75, 3.05) is 19.0 Å². The maximum Gasteiger partial charge on any atom is 0.226 e. The molecular formula is C30H30FN5O2S. The van der Waals surface area contributed by atoms with E-state index >= 15 is 0 Å². The fourth-order valence-corrected chi connectivity index (χ4v) is 5.59. The zero-order valence-corrected chi connectivity index (χ0v) is 22.8. The summed E-state index contributed by atoms with van der Waals surface area (Å²) in [7, 11) is 1.57. The van der Waals surface area contributed by atoms with Gasteiger partial charge in [0.2, 0.25) is 5.91 Å². The number of methoxy groups -OCH3 is 1. The third-order valence-corrected chi connectivity index (χ3v) is 7.39. The molecule has 3 heterocycles. The minimum atomic E-state index is -0.294. The first-order valence-corrected chi connectivity index (χ1v) is 13.1. The van der Waals surface area contributed by atoms with Crippen molar-refractivity contribution < 1.29 is 13.9 Å². The van der Waals surface area contributed by atoms with E-state index < -0.39 is 0 Å². The maximum atomic E-state index is 14.8. The number of carbonyl (C=O) groups is 1. The molecule has 0 aliphatic carbocycles. The third-order valence-electron chi connectivity index (χ3n) is 7.04. The van der Waals surface area contributed by atoms with E-state index in [4.69, 9.17) is 17.0 Å². The van der Waals surface area contributed by atoms with Crippen molar-refractivity contribution in [2.45, 2.75) is 32.4 Å². The zero-order chi connectivity index (χ0) is 27.5. The molecule has 4 aromatic rings. The van der Waals surface area contributed by atoms with Gasteiger partial charge in [0.25, 0.3) is 0 Å².